The van der Waals surface area contributed by atoms with Crippen molar-refractivity contribution in [1.29, 1.82) is 0 Å². The molecule has 1 heterocycles. The predicted molar refractivity (Wildman–Crippen MR) is 91.8 cm³/mol. The van der Waals surface area contributed by atoms with Gasteiger partial charge < -0.3 is 4.74 Å². The molecule has 2 atom stereocenters. The van der Waals surface area contributed by atoms with E-state index in [1.807, 2.05) is 18.2 Å². The molecule has 114 valence electrons. The second-order valence-electron chi connectivity index (χ2n) is 6.84. The Balaban J connectivity index is 1.64. The molecule has 2 aromatic carbocycles. The predicted octanol–water partition coefficient (Wildman–Crippen LogP) is 3.54. The molecule has 0 saturated heterocycles. The molecule has 2 aromatic rings. The van der Waals surface area contributed by atoms with Crippen molar-refractivity contribution in [3.05, 3.63) is 59.7 Å². The van der Waals surface area contributed by atoms with Gasteiger partial charge in [0.05, 0.1) is 12.0 Å². The molecule has 2 unspecified atom stereocenters. The van der Waals surface area contributed by atoms with Crippen molar-refractivity contribution in [2.75, 3.05) is 0 Å². The molecule has 0 amide bonds. The van der Waals surface area contributed by atoms with E-state index >= 15 is 0 Å². The van der Waals surface area contributed by atoms with Gasteiger partial charge in [0.2, 0.25) is 0 Å². The molecule has 1 aliphatic heterocycles. The Morgan fingerprint density at radius 3 is 2.78 bits per heavy atom. The highest BCUT2D eigenvalue weighted by atomic mass is 16.5. The first kappa shape index (κ1) is 14.6. The van der Waals surface area contributed by atoms with E-state index in [0.29, 0.717) is 29.1 Å². The molecule has 3 heteroatoms. The van der Waals surface area contributed by atoms with E-state index in [4.69, 9.17) is 12.6 Å². The van der Waals surface area contributed by atoms with Gasteiger partial charge >= 0.3 is 0 Å². The number of rotatable bonds is 1. The van der Waals surface area contributed by atoms with Crippen molar-refractivity contribution >= 4 is 19.1 Å². The molecule has 2 radical (unpaired) electrons. The minimum atomic E-state index is -0.348. The summed E-state index contributed by atoms with van der Waals surface area (Å²) in [5, 5.41) is 0. The first-order chi connectivity index (χ1) is 11.2. The normalized spacial score (nSPS) is 26.6. The number of carbonyl (C=O) groups is 1. The van der Waals surface area contributed by atoms with Crippen LogP contribution in [0.5, 0.6) is 5.75 Å². The maximum absolute atomic E-state index is 12.6. The number of ether oxygens (including phenoxy) is 1. The lowest BCUT2D eigenvalue weighted by atomic mass is 9.71. The summed E-state index contributed by atoms with van der Waals surface area (Å²) in [4.78, 5) is 12.6. The van der Waals surface area contributed by atoms with E-state index < -0.39 is 0 Å². The van der Waals surface area contributed by atoms with Gasteiger partial charge in [-0.3, -0.25) is 4.79 Å². The summed E-state index contributed by atoms with van der Waals surface area (Å²) in [7, 11) is 5.80. The number of hydrogen-bond acceptors (Lipinski definition) is 2. The van der Waals surface area contributed by atoms with Gasteiger partial charge in [0.1, 0.15) is 19.2 Å². The fourth-order valence-corrected chi connectivity index (χ4v) is 4.10. The third-order valence-corrected chi connectivity index (χ3v) is 5.19. The number of ketones is 1. The molecule has 0 N–H and O–H groups in total. The number of fused-ring (bicyclic) bond motifs is 1. The molecule has 2 nitrogen and oxygen atoms in total. The van der Waals surface area contributed by atoms with E-state index in [9.17, 15) is 4.79 Å². The third kappa shape index (κ3) is 2.69. The van der Waals surface area contributed by atoms with Gasteiger partial charge in [-0.05, 0) is 43.2 Å². The fourth-order valence-electron chi connectivity index (χ4n) is 4.10. The molecule has 1 spiro atoms. The average molecular weight is 302 g/mol. The second kappa shape index (κ2) is 5.56. The van der Waals surface area contributed by atoms with E-state index in [0.717, 1.165) is 25.7 Å². The maximum atomic E-state index is 12.6. The summed E-state index contributed by atoms with van der Waals surface area (Å²) >= 11 is 0. The zero-order valence-corrected chi connectivity index (χ0v) is 13.1. The van der Waals surface area contributed by atoms with E-state index in [1.54, 1.807) is 6.07 Å². The highest BCUT2D eigenvalue weighted by Gasteiger charge is 2.44. The summed E-state index contributed by atoms with van der Waals surface area (Å²) in [5.41, 5.74) is 2.25. The van der Waals surface area contributed by atoms with Crippen molar-refractivity contribution in [2.45, 2.75) is 43.6 Å². The highest BCUT2D eigenvalue weighted by molar-refractivity contribution is 6.32. The van der Waals surface area contributed by atoms with Crippen molar-refractivity contribution in [2.24, 2.45) is 0 Å². The lowest BCUT2D eigenvalue weighted by molar-refractivity contribution is 0.00728. The lowest BCUT2D eigenvalue weighted by Gasteiger charge is -2.43. The third-order valence-electron chi connectivity index (χ3n) is 5.19. The summed E-state index contributed by atoms with van der Waals surface area (Å²) in [6, 6.07) is 16.0. The largest absolute Gasteiger partial charge is 0.486 e. The Morgan fingerprint density at radius 2 is 1.96 bits per heavy atom. The van der Waals surface area contributed by atoms with Crippen LogP contribution in [0, 0.1) is 0 Å². The second-order valence-corrected chi connectivity index (χ2v) is 6.84. The van der Waals surface area contributed by atoms with Gasteiger partial charge in [0.25, 0.3) is 0 Å². The molecule has 2 aliphatic rings. The lowest BCUT2D eigenvalue weighted by Crippen LogP contribution is -2.45. The number of benzene rings is 2. The molecule has 4 rings (SSSR count). The molecule has 1 aliphatic carbocycles. The van der Waals surface area contributed by atoms with Crippen LogP contribution in [0.1, 0.15) is 53.9 Å². The maximum Gasteiger partial charge on any atom is 0.170 e. The average Bonchev–Trinajstić information content (AvgIpc) is 2.57. The Morgan fingerprint density at radius 1 is 1.13 bits per heavy atom. The Hall–Kier alpha value is -2.03. The molecule has 0 aromatic heterocycles. The zero-order chi connectivity index (χ0) is 15.9. The van der Waals surface area contributed by atoms with Crippen LogP contribution in [0.4, 0.5) is 0 Å². The van der Waals surface area contributed by atoms with Gasteiger partial charge in [0.15, 0.2) is 5.78 Å². The minimum Gasteiger partial charge on any atom is -0.486 e. The first-order valence-corrected chi connectivity index (χ1v) is 8.32. The molecule has 1 saturated carbocycles. The van der Waals surface area contributed by atoms with E-state index in [2.05, 4.69) is 24.3 Å². The Bertz CT molecular complexity index is 741. The molecular weight excluding hydrogens is 283 g/mol. The highest BCUT2D eigenvalue weighted by Crippen LogP contribution is 2.46. The van der Waals surface area contributed by atoms with Crippen molar-refractivity contribution in [3.8, 4) is 5.75 Å². The van der Waals surface area contributed by atoms with Gasteiger partial charge in [-0.25, -0.2) is 0 Å². The summed E-state index contributed by atoms with van der Waals surface area (Å²) in [6.07, 6.45) is 4.58. The molecule has 23 heavy (non-hydrogen) atoms. The quantitative estimate of drug-likeness (QED) is 0.753. The number of hydrogen-bond donors (Lipinski definition) is 0. The minimum absolute atomic E-state index is 0.160. The van der Waals surface area contributed by atoms with Gasteiger partial charge in [-0.1, -0.05) is 47.9 Å². The van der Waals surface area contributed by atoms with Crippen LogP contribution >= 0.6 is 0 Å². The molecular formula is C20H19BO2. The summed E-state index contributed by atoms with van der Waals surface area (Å²) < 4.78 is 6.36. The Kier molecular flexibility index (Phi) is 3.52. The summed E-state index contributed by atoms with van der Waals surface area (Å²) in [5.74, 6) is 1.32. The van der Waals surface area contributed by atoms with Crippen molar-refractivity contribution < 1.29 is 9.53 Å². The SMILES string of the molecule is [B]c1ccc2c(c1)C(=O)CC1(CCCC(c3ccccc3)C1)O2. The zero-order valence-electron chi connectivity index (χ0n) is 13.1. The smallest absolute Gasteiger partial charge is 0.170 e. The van der Waals surface area contributed by atoms with Gasteiger partial charge in [-0.2, -0.15) is 0 Å². The van der Waals surface area contributed by atoms with Crippen molar-refractivity contribution in [3.63, 3.8) is 0 Å². The van der Waals surface area contributed by atoms with Crippen LogP contribution in [0.25, 0.3) is 0 Å². The van der Waals surface area contributed by atoms with Crippen LogP contribution in [0.3, 0.4) is 0 Å². The fraction of sp³-hybridized carbons (Fsp3) is 0.350. The van der Waals surface area contributed by atoms with Crippen LogP contribution < -0.4 is 10.2 Å². The topological polar surface area (TPSA) is 26.3 Å². The van der Waals surface area contributed by atoms with E-state index in [1.165, 1.54) is 5.56 Å². The standard InChI is InChI=1S/C20H19BO2/c21-16-8-9-19-17(11-16)18(22)13-20(23-19)10-4-7-15(12-20)14-5-2-1-3-6-14/h1-3,5-6,8-9,11,15H,4,7,10,12-13H2. The van der Waals surface area contributed by atoms with Crippen LogP contribution in [0.15, 0.2) is 48.5 Å². The van der Waals surface area contributed by atoms with E-state index in [-0.39, 0.29) is 11.4 Å². The number of Topliss-reactive ketones (excluding diaryl/α,β-unsaturated/α-hetero) is 1. The summed E-state index contributed by atoms with van der Waals surface area (Å²) in [6.45, 7) is 0. The number of carbonyl (C=O) groups excluding carboxylic acids is 1. The van der Waals surface area contributed by atoms with Crippen LogP contribution in [0.2, 0.25) is 0 Å². The van der Waals surface area contributed by atoms with Crippen LogP contribution in [-0.2, 0) is 0 Å². The monoisotopic (exact) mass is 302 g/mol. The van der Waals surface area contributed by atoms with Gasteiger partial charge in [0, 0.05) is 0 Å². The van der Waals surface area contributed by atoms with Crippen molar-refractivity contribution in [1.82, 2.24) is 0 Å². The molecule has 0 bridgehead atoms. The Labute approximate surface area is 138 Å². The first-order valence-electron chi connectivity index (χ1n) is 8.32. The van der Waals surface area contributed by atoms with Gasteiger partial charge in [-0.15, -0.1) is 0 Å². The van der Waals surface area contributed by atoms with Crippen LogP contribution in [-0.4, -0.2) is 19.2 Å². The molecule has 1 fully saturated rings.